The minimum absolute atomic E-state index is 0.119. The van der Waals surface area contributed by atoms with Gasteiger partial charge >= 0.3 is 0 Å². The van der Waals surface area contributed by atoms with Crippen LogP contribution in [0, 0.1) is 6.92 Å². The average molecular weight is 545 g/mol. The van der Waals surface area contributed by atoms with Gasteiger partial charge in [-0.1, -0.05) is 39.7 Å². The molecule has 4 rings (SSSR count). The third-order valence-corrected chi connectivity index (χ3v) is 7.77. The molecule has 1 heterocycles. The van der Waals surface area contributed by atoms with Crippen molar-refractivity contribution in [3.63, 3.8) is 0 Å². The number of carbonyl (C=O) groups is 1. The summed E-state index contributed by atoms with van der Waals surface area (Å²) >= 11 is 3.37. The third-order valence-electron chi connectivity index (χ3n) is 5.45. The number of sulfonamides is 1. The highest BCUT2D eigenvalue weighted by atomic mass is 79.9. The first kappa shape index (κ1) is 24.1. The first-order valence-corrected chi connectivity index (χ1v) is 13.0. The number of nitrogens with one attached hydrogen (secondary N) is 1. The fraction of sp³-hybridized carbons (Fsp3) is 0.240. The zero-order chi connectivity index (χ0) is 24.3. The van der Waals surface area contributed by atoms with Crippen LogP contribution in [0.2, 0.25) is 0 Å². The zero-order valence-electron chi connectivity index (χ0n) is 18.8. The van der Waals surface area contributed by atoms with Gasteiger partial charge in [0.2, 0.25) is 5.91 Å². The summed E-state index contributed by atoms with van der Waals surface area (Å²) in [5, 5.41) is 2.90. The summed E-state index contributed by atoms with van der Waals surface area (Å²) in [7, 11) is -3.97. The highest BCUT2D eigenvalue weighted by Gasteiger charge is 2.28. The molecule has 3 aromatic carbocycles. The van der Waals surface area contributed by atoms with Crippen LogP contribution < -0.4 is 19.1 Å². The van der Waals surface area contributed by atoms with Crippen molar-refractivity contribution in [2.45, 2.75) is 24.8 Å². The number of anilines is 1. The molecule has 1 atom stereocenters. The highest BCUT2D eigenvalue weighted by Crippen LogP contribution is 2.32. The van der Waals surface area contributed by atoms with E-state index in [1.165, 1.54) is 0 Å². The topological polar surface area (TPSA) is 84.9 Å². The predicted octanol–water partition coefficient (Wildman–Crippen LogP) is 4.60. The molecule has 7 nitrogen and oxygen atoms in total. The number of carbonyl (C=O) groups excluding carboxylic acids is 1. The number of nitrogens with zero attached hydrogens (tertiary/aromatic N) is 1. The van der Waals surface area contributed by atoms with Crippen molar-refractivity contribution in [1.82, 2.24) is 5.32 Å². The number of benzene rings is 3. The smallest absolute Gasteiger partial charge is 0.264 e. The van der Waals surface area contributed by atoms with Gasteiger partial charge in [0.1, 0.15) is 19.8 Å². The molecule has 178 valence electrons. The Morgan fingerprint density at radius 1 is 1.00 bits per heavy atom. The molecule has 0 spiro atoms. The summed E-state index contributed by atoms with van der Waals surface area (Å²) in [5.41, 5.74) is 2.17. The fourth-order valence-electron chi connectivity index (χ4n) is 3.59. The molecule has 1 N–H and O–H groups in total. The second kappa shape index (κ2) is 10.1. The lowest BCUT2D eigenvalue weighted by Crippen LogP contribution is -2.41. The maximum absolute atomic E-state index is 13.5. The van der Waals surface area contributed by atoms with Crippen molar-refractivity contribution >= 4 is 37.5 Å². The Morgan fingerprint density at radius 3 is 2.32 bits per heavy atom. The molecule has 0 radical (unpaired) electrons. The van der Waals surface area contributed by atoms with Crippen LogP contribution in [-0.4, -0.2) is 34.1 Å². The summed E-state index contributed by atoms with van der Waals surface area (Å²) in [6, 6.07) is 18.5. The number of fused-ring (bicyclic) bond motifs is 1. The minimum atomic E-state index is -3.97. The van der Waals surface area contributed by atoms with E-state index in [1.807, 2.05) is 32.0 Å². The van der Waals surface area contributed by atoms with E-state index in [2.05, 4.69) is 21.2 Å². The van der Waals surface area contributed by atoms with Gasteiger partial charge in [0.25, 0.3) is 10.0 Å². The molecule has 0 unspecified atom stereocenters. The van der Waals surface area contributed by atoms with Crippen molar-refractivity contribution in [2.75, 3.05) is 24.1 Å². The monoisotopic (exact) mass is 544 g/mol. The van der Waals surface area contributed by atoms with Crippen LogP contribution in [0.4, 0.5) is 5.69 Å². The number of aryl methyl sites for hydroxylation is 1. The lowest BCUT2D eigenvalue weighted by molar-refractivity contribution is -0.120. The summed E-state index contributed by atoms with van der Waals surface area (Å²) in [4.78, 5) is 13.1. The van der Waals surface area contributed by atoms with Crippen LogP contribution >= 0.6 is 15.9 Å². The summed E-state index contributed by atoms with van der Waals surface area (Å²) < 4.78 is 40.1. The van der Waals surface area contributed by atoms with Crippen molar-refractivity contribution in [1.29, 1.82) is 0 Å². The summed E-state index contributed by atoms with van der Waals surface area (Å²) in [5.74, 6) is 0.864. The van der Waals surface area contributed by atoms with Gasteiger partial charge in [-0.05, 0) is 67.9 Å². The molecule has 1 amide bonds. The number of amides is 1. The van der Waals surface area contributed by atoms with Gasteiger partial charge in [0.15, 0.2) is 11.5 Å². The quantitative estimate of drug-likeness (QED) is 0.469. The SMILES string of the molecule is Cc1ccc(S(=O)(=O)N(CC(=O)N[C@H](C)c2ccc3c(c2)OCCO3)c2ccc(Br)cc2)cc1. The standard InChI is InChI=1S/C25H25BrN2O5S/c1-17-3-10-22(11-4-17)34(30,31)28(21-8-6-20(26)7-9-21)16-25(29)27-18(2)19-5-12-23-24(15-19)33-14-13-32-23/h3-12,15,18H,13-14,16H2,1-2H3,(H,27,29)/t18-/m1/s1. The second-order valence-corrected chi connectivity index (χ2v) is 10.8. The van der Waals surface area contributed by atoms with E-state index < -0.39 is 15.9 Å². The molecule has 34 heavy (non-hydrogen) atoms. The van der Waals surface area contributed by atoms with Crippen molar-refractivity contribution in [3.8, 4) is 11.5 Å². The van der Waals surface area contributed by atoms with E-state index in [-0.39, 0.29) is 17.5 Å². The van der Waals surface area contributed by atoms with E-state index in [1.54, 1.807) is 48.5 Å². The molecule has 0 fully saturated rings. The normalized spacial score (nSPS) is 13.7. The van der Waals surface area contributed by atoms with Gasteiger partial charge in [-0.15, -0.1) is 0 Å². The lowest BCUT2D eigenvalue weighted by atomic mass is 10.1. The molecule has 0 saturated heterocycles. The Kier molecular flexibility index (Phi) is 7.13. The third kappa shape index (κ3) is 5.37. The van der Waals surface area contributed by atoms with Crippen LogP contribution in [0.25, 0.3) is 0 Å². The number of ether oxygens (including phenoxy) is 2. The minimum Gasteiger partial charge on any atom is -0.486 e. The molecule has 0 bridgehead atoms. The molecule has 3 aromatic rings. The Bertz CT molecular complexity index is 1280. The van der Waals surface area contributed by atoms with Gasteiger partial charge in [-0.3, -0.25) is 9.10 Å². The van der Waals surface area contributed by atoms with Crippen LogP contribution in [-0.2, 0) is 14.8 Å². The Morgan fingerprint density at radius 2 is 1.65 bits per heavy atom. The molecular formula is C25H25BrN2O5S. The molecule has 0 aromatic heterocycles. The zero-order valence-corrected chi connectivity index (χ0v) is 21.2. The molecule has 1 aliphatic rings. The van der Waals surface area contributed by atoms with Crippen LogP contribution in [0.15, 0.2) is 76.1 Å². The van der Waals surface area contributed by atoms with Gasteiger partial charge in [0.05, 0.1) is 16.6 Å². The Labute approximate surface area is 207 Å². The lowest BCUT2D eigenvalue weighted by Gasteiger charge is -2.25. The van der Waals surface area contributed by atoms with E-state index in [4.69, 9.17) is 9.47 Å². The van der Waals surface area contributed by atoms with E-state index >= 15 is 0 Å². The van der Waals surface area contributed by atoms with Crippen molar-refractivity contribution < 1.29 is 22.7 Å². The highest BCUT2D eigenvalue weighted by molar-refractivity contribution is 9.10. The van der Waals surface area contributed by atoms with Gasteiger partial charge in [-0.2, -0.15) is 0 Å². The largest absolute Gasteiger partial charge is 0.486 e. The van der Waals surface area contributed by atoms with Gasteiger partial charge in [-0.25, -0.2) is 8.42 Å². The van der Waals surface area contributed by atoms with Gasteiger partial charge in [0, 0.05) is 4.47 Å². The first-order chi connectivity index (χ1) is 16.2. The number of halogens is 1. The molecular weight excluding hydrogens is 520 g/mol. The molecule has 0 aliphatic carbocycles. The first-order valence-electron chi connectivity index (χ1n) is 10.8. The molecule has 1 aliphatic heterocycles. The number of rotatable bonds is 7. The van der Waals surface area contributed by atoms with E-state index in [0.717, 1.165) is 19.9 Å². The predicted molar refractivity (Wildman–Crippen MR) is 134 cm³/mol. The van der Waals surface area contributed by atoms with Crippen molar-refractivity contribution in [2.24, 2.45) is 0 Å². The van der Waals surface area contributed by atoms with Crippen molar-refractivity contribution in [3.05, 3.63) is 82.3 Å². The molecule has 0 saturated carbocycles. The fourth-order valence-corrected chi connectivity index (χ4v) is 5.28. The van der Waals surface area contributed by atoms with E-state index in [9.17, 15) is 13.2 Å². The number of hydrogen-bond donors (Lipinski definition) is 1. The second-order valence-electron chi connectivity index (χ2n) is 7.99. The Balaban J connectivity index is 1.56. The summed E-state index contributed by atoms with van der Waals surface area (Å²) in [6.07, 6.45) is 0. The maximum atomic E-state index is 13.5. The van der Waals surface area contributed by atoms with Gasteiger partial charge < -0.3 is 14.8 Å². The summed E-state index contributed by atoms with van der Waals surface area (Å²) in [6.45, 7) is 4.32. The Hall–Kier alpha value is -3.04. The molecule has 9 heteroatoms. The van der Waals surface area contributed by atoms with Crippen LogP contribution in [0.3, 0.4) is 0 Å². The van der Waals surface area contributed by atoms with Crippen LogP contribution in [0.5, 0.6) is 11.5 Å². The maximum Gasteiger partial charge on any atom is 0.264 e. The average Bonchev–Trinajstić information content (AvgIpc) is 2.83. The van der Waals surface area contributed by atoms with E-state index in [0.29, 0.717) is 30.4 Å². The van der Waals surface area contributed by atoms with Crippen LogP contribution in [0.1, 0.15) is 24.1 Å². The number of hydrogen-bond acceptors (Lipinski definition) is 5.